The molecule has 0 amide bonds. The number of aliphatic carboxylic acids is 1. The summed E-state index contributed by atoms with van der Waals surface area (Å²) in [6.07, 6.45) is -0.0535. The second-order valence-corrected chi connectivity index (χ2v) is 3.13. The average molecular weight is 218 g/mol. The maximum Gasteiger partial charge on any atom is 0.305 e. The molecule has 0 aliphatic carbocycles. The Labute approximate surface area is 85.5 Å². The van der Waals surface area contributed by atoms with Crippen molar-refractivity contribution in [1.29, 1.82) is 0 Å². The molecule has 1 aromatic rings. The predicted octanol–water partition coefficient (Wildman–Crippen LogP) is 2.37. The first kappa shape index (κ1) is 10.8. The van der Waals surface area contributed by atoms with Crippen LogP contribution in [0.15, 0.2) is 18.2 Å². The van der Waals surface area contributed by atoms with Crippen molar-refractivity contribution < 1.29 is 14.3 Å². The number of hydrogen-bond donors (Lipinski definition) is 2. The highest BCUT2D eigenvalue weighted by Gasteiger charge is 2.02. The van der Waals surface area contributed by atoms with Crippen molar-refractivity contribution in [2.24, 2.45) is 0 Å². The minimum absolute atomic E-state index is 0.0535. The van der Waals surface area contributed by atoms with Crippen molar-refractivity contribution in [2.75, 3.05) is 11.9 Å². The van der Waals surface area contributed by atoms with Gasteiger partial charge in [-0.05, 0) is 18.2 Å². The molecule has 0 spiro atoms. The van der Waals surface area contributed by atoms with Gasteiger partial charge in [0.15, 0.2) is 0 Å². The Morgan fingerprint density at radius 3 is 2.86 bits per heavy atom. The minimum Gasteiger partial charge on any atom is -0.481 e. The molecular formula is C9H9ClFNO2. The van der Waals surface area contributed by atoms with Crippen LogP contribution in [0, 0.1) is 5.82 Å². The molecule has 0 unspecified atom stereocenters. The zero-order chi connectivity index (χ0) is 10.6. The van der Waals surface area contributed by atoms with Crippen LogP contribution in [0.3, 0.4) is 0 Å². The highest BCUT2D eigenvalue weighted by Crippen LogP contribution is 2.18. The van der Waals surface area contributed by atoms with Gasteiger partial charge in [-0.25, -0.2) is 4.39 Å². The smallest absolute Gasteiger partial charge is 0.305 e. The molecule has 3 nitrogen and oxygen atoms in total. The van der Waals surface area contributed by atoms with Gasteiger partial charge in [0.1, 0.15) is 5.82 Å². The van der Waals surface area contributed by atoms with E-state index in [0.717, 1.165) is 0 Å². The van der Waals surface area contributed by atoms with Crippen LogP contribution >= 0.6 is 11.6 Å². The first-order valence-electron chi connectivity index (χ1n) is 4.00. The van der Waals surface area contributed by atoms with Crippen molar-refractivity contribution in [2.45, 2.75) is 6.42 Å². The molecule has 1 aromatic carbocycles. The summed E-state index contributed by atoms with van der Waals surface area (Å²) in [5.74, 6) is -1.41. The Hall–Kier alpha value is -1.29. The fourth-order valence-corrected chi connectivity index (χ4v) is 1.10. The van der Waals surface area contributed by atoms with Gasteiger partial charge in [-0.1, -0.05) is 11.6 Å². The van der Waals surface area contributed by atoms with Crippen LogP contribution in [0.4, 0.5) is 10.1 Å². The molecular weight excluding hydrogens is 209 g/mol. The molecule has 0 radical (unpaired) electrons. The first-order chi connectivity index (χ1) is 6.59. The van der Waals surface area contributed by atoms with Gasteiger partial charge in [0.25, 0.3) is 0 Å². The molecule has 0 bridgehead atoms. The number of carboxylic acid groups (broad SMARTS) is 1. The van der Waals surface area contributed by atoms with Crippen molar-refractivity contribution in [3.05, 3.63) is 29.0 Å². The van der Waals surface area contributed by atoms with Gasteiger partial charge >= 0.3 is 5.97 Å². The summed E-state index contributed by atoms with van der Waals surface area (Å²) in [4.78, 5) is 10.2. The number of carboxylic acids is 1. The summed E-state index contributed by atoms with van der Waals surface area (Å²) >= 11 is 5.54. The third-order valence-corrected chi connectivity index (χ3v) is 1.82. The fraction of sp³-hybridized carbons (Fsp3) is 0.222. The summed E-state index contributed by atoms with van der Waals surface area (Å²) in [5, 5.41) is 11.3. The molecule has 0 atom stereocenters. The van der Waals surface area contributed by atoms with E-state index in [4.69, 9.17) is 16.7 Å². The van der Waals surface area contributed by atoms with E-state index in [1.54, 1.807) is 0 Å². The van der Waals surface area contributed by atoms with Crippen LogP contribution in [0.25, 0.3) is 0 Å². The third-order valence-electron chi connectivity index (χ3n) is 1.59. The van der Waals surface area contributed by atoms with E-state index < -0.39 is 11.8 Å². The highest BCUT2D eigenvalue weighted by molar-refractivity contribution is 6.30. The minimum atomic E-state index is -0.924. The van der Waals surface area contributed by atoms with E-state index in [0.29, 0.717) is 5.02 Å². The zero-order valence-electron chi connectivity index (χ0n) is 7.26. The largest absolute Gasteiger partial charge is 0.481 e. The van der Waals surface area contributed by atoms with E-state index >= 15 is 0 Å². The van der Waals surface area contributed by atoms with Crippen molar-refractivity contribution in [3.8, 4) is 0 Å². The summed E-state index contributed by atoms with van der Waals surface area (Å²) in [6.45, 7) is 0.188. The second kappa shape index (κ2) is 4.81. The van der Waals surface area contributed by atoms with E-state index in [2.05, 4.69) is 5.32 Å². The van der Waals surface area contributed by atoms with Crippen molar-refractivity contribution >= 4 is 23.3 Å². The van der Waals surface area contributed by atoms with E-state index in [9.17, 15) is 9.18 Å². The highest BCUT2D eigenvalue weighted by atomic mass is 35.5. The maximum atomic E-state index is 13.1. The van der Waals surface area contributed by atoms with Crippen LogP contribution in [0.1, 0.15) is 6.42 Å². The summed E-state index contributed by atoms with van der Waals surface area (Å²) < 4.78 is 13.1. The normalized spacial score (nSPS) is 9.86. The molecule has 14 heavy (non-hydrogen) atoms. The molecule has 2 N–H and O–H groups in total. The van der Waals surface area contributed by atoms with Crippen LogP contribution in [0.5, 0.6) is 0 Å². The van der Waals surface area contributed by atoms with Gasteiger partial charge in [-0.2, -0.15) is 0 Å². The van der Waals surface area contributed by atoms with Crippen molar-refractivity contribution in [1.82, 2.24) is 0 Å². The lowest BCUT2D eigenvalue weighted by Crippen LogP contribution is -2.08. The van der Waals surface area contributed by atoms with E-state index in [1.807, 2.05) is 0 Å². The topological polar surface area (TPSA) is 49.3 Å². The van der Waals surface area contributed by atoms with Crippen LogP contribution in [0.2, 0.25) is 5.02 Å². The van der Waals surface area contributed by atoms with Gasteiger partial charge in [-0.3, -0.25) is 4.79 Å². The second-order valence-electron chi connectivity index (χ2n) is 2.69. The molecule has 0 heterocycles. The van der Waals surface area contributed by atoms with Crippen LogP contribution in [-0.4, -0.2) is 17.6 Å². The summed E-state index contributed by atoms with van der Waals surface area (Å²) in [6, 6.07) is 4.18. The lowest BCUT2D eigenvalue weighted by atomic mass is 10.3. The number of hydrogen-bond acceptors (Lipinski definition) is 2. The molecule has 76 valence electrons. The zero-order valence-corrected chi connectivity index (χ0v) is 8.01. The number of carbonyl (C=O) groups is 1. The number of anilines is 1. The fourth-order valence-electron chi connectivity index (χ4n) is 0.937. The van der Waals surface area contributed by atoms with Gasteiger partial charge in [0.05, 0.1) is 12.1 Å². The Kier molecular flexibility index (Phi) is 3.71. The number of rotatable bonds is 4. The quantitative estimate of drug-likeness (QED) is 0.814. The summed E-state index contributed by atoms with van der Waals surface area (Å²) in [5.41, 5.74) is 0.260. The standard InChI is InChI=1S/C9H9ClFNO2/c10-6-1-2-8(7(11)5-6)12-4-3-9(13)14/h1-2,5,12H,3-4H2,(H,13,14). The molecule has 0 aliphatic heterocycles. The first-order valence-corrected chi connectivity index (χ1v) is 4.38. The lowest BCUT2D eigenvalue weighted by Gasteiger charge is -2.05. The molecule has 0 saturated heterocycles. The predicted molar refractivity (Wildman–Crippen MR) is 52.2 cm³/mol. The number of halogens is 2. The Bertz CT molecular complexity index is 344. The Morgan fingerprint density at radius 2 is 2.29 bits per heavy atom. The molecule has 5 heteroatoms. The molecule has 0 aliphatic rings. The SMILES string of the molecule is O=C(O)CCNc1ccc(Cl)cc1F. The third kappa shape index (κ3) is 3.22. The van der Waals surface area contributed by atoms with Gasteiger partial charge in [0.2, 0.25) is 0 Å². The Morgan fingerprint density at radius 1 is 1.57 bits per heavy atom. The molecule has 0 aromatic heterocycles. The van der Waals surface area contributed by atoms with Crippen LogP contribution < -0.4 is 5.32 Å². The van der Waals surface area contributed by atoms with Crippen molar-refractivity contribution in [3.63, 3.8) is 0 Å². The monoisotopic (exact) mass is 217 g/mol. The lowest BCUT2D eigenvalue weighted by molar-refractivity contribution is -0.136. The molecule has 0 saturated carbocycles. The maximum absolute atomic E-state index is 13.1. The number of benzene rings is 1. The van der Waals surface area contributed by atoms with Crippen LogP contribution in [-0.2, 0) is 4.79 Å². The van der Waals surface area contributed by atoms with Gasteiger partial charge in [0, 0.05) is 11.6 Å². The van der Waals surface area contributed by atoms with Gasteiger partial charge in [-0.15, -0.1) is 0 Å². The van der Waals surface area contributed by atoms with E-state index in [1.165, 1.54) is 18.2 Å². The summed E-state index contributed by atoms with van der Waals surface area (Å²) in [7, 11) is 0. The van der Waals surface area contributed by atoms with Gasteiger partial charge < -0.3 is 10.4 Å². The number of nitrogens with one attached hydrogen (secondary N) is 1. The average Bonchev–Trinajstić information content (AvgIpc) is 2.08. The Balaban J connectivity index is 2.55. The van der Waals surface area contributed by atoms with E-state index in [-0.39, 0.29) is 18.7 Å². The molecule has 1 rings (SSSR count). The molecule has 0 fully saturated rings.